The summed E-state index contributed by atoms with van der Waals surface area (Å²) in [5.41, 5.74) is -0.711. The first-order valence-electron chi connectivity index (χ1n) is 2.88. The zero-order valence-corrected chi connectivity index (χ0v) is 5.50. The molecular formula is C7H5NO3. The van der Waals surface area contributed by atoms with Crippen LogP contribution in [0, 0.1) is 5.41 Å². The fraction of sp³-hybridized carbons (Fsp3) is 0. The number of hydrogen-bond acceptors (Lipinski definition) is 3. The number of ketones is 1. The van der Waals surface area contributed by atoms with E-state index in [-0.39, 0.29) is 5.57 Å². The van der Waals surface area contributed by atoms with Crippen LogP contribution in [0.2, 0.25) is 0 Å². The molecule has 0 atom stereocenters. The average Bonchev–Trinajstić information content (AvgIpc) is 1.94. The van der Waals surface area contributed by atoms with Crippen molar-refractivity contribution in [1.82, 2.24) is 0 Å². The van der Waals surface area contributed by atoms with Gasteiger partial charge in [-0.2, -0.15) is 0 Å². The maximum atomic E-state index is 10.7. The molecule has 0 amide bonds. The lowest BCUT2D eigenvalue weighted by Gasteiger charge is -2.02. The first-order valence-corrected chi connectivity index (χ1v) is 2.88. The topological polar surface area (TPSA) is 78.2 Å². The van der Waals surface area contributed by atoms with Crippen LogP contribution >= 0.6 is 0 Å². The summed E-state index contributed by atoms with van der Waals surface area (Å²) in [6, 6.07) is 0. The number of carbonyl (C=O) groups excluding carboxylic acids is 1. The minimum Gasteiger partial charge on any atom is -0.478 e. The standard InChI is InChI=1S/C7H5NO3/c8-6-4(7(10)11)2-1-3-5(6)9/h1-3,8H,(H,10,11). The maximum absolute atomic E-state index is 10.7. The van der Waals surface area contributed by atoms with Gasteiger partial charge in [-0.15, -0.1) is 0 Å². The molecule has 11 heavy (non-hydrogen) atoms. The molecule has 0 saturated carbocycles. The predicted molar refractivity (Wildman–Crippen MR) is 37.6 cm³/mol. The molecule has 0 aromatic carbocycles. The molecule has 1 aliphatic rings. The summed E-state index contributed by atoms with van der Waals surface area (Å²) in [7, 11) is 0. The summed E-state index contributed by atoms with van der Waals surface area (Å²) in [5.74, 6) is -1.81. The highest BCUT2D eigenvalue weighted by Crippen LogP contribution is 2.04. The first kappa shape index (κ1) is 7.40. The smallest absolute Gasteiger partial charge is 0.338 e. The van der Waals surface area contributed by atoms with Crippen LogP contribution in [-0.2, 0) is 9.59 Å². The van der Waals surface area contributed by atoms with Gasteiger partial charge in [-0.05, 0) is 12.2 Å². The summed E-state index contributed by atoms with van der Waals surface area (Å²) in [5, 5.41) is 15.5. The highest BCUT2D eigenvalue weighted by Gasteiger charge is 2.19. The Morgan fingerprint density at radius 1 is 1.55 bits per heavy atom. The van der Waals surface area contributed by atoms with Crippen molar-refractivity contribution < 1.29 is 14.7 Å². The Morgan fingerprint density at radius 2 is 2.18 bits per heavy atom. The Labute approximate surface area is 62.3 Å². The maximum Gasteiger partial charge on any atom is 0.338 e. The third-order valence-electron chi connectivity index (χ3n) is 1.26. The van der Waals surface area contributed by atoms with Gasteiger partial charge in [-0.3, -0.25) is 10.2 Å². The number of carboxylic acids is 1. The Hall–Kier alpha value is -1.71. The zero-order valence-electron chi connectivity index (χ0n) is 5.50. The van der Waals surface area contributed by atoms with Gasteiger partial charge in [0.2, 0.25) is 5.78 Å². The fourth-order valence-corrected chi connectivity index (χ4v) is 0.709. The van der Waals surface area contributed by atoms with Gasteiger partial charge in [0.15, 0.2) is 0 Å². The summed E-state index contributed by atoms with van der Waals surface area (Å²) in [6.07, 6.45) is 3.71. The van der Waals surface area contributed by atoms with Crippen LogP contribution in [0.5, 0.6) is 0 Å². The molecule has 0 unspecified atom stereocenters. The number of rotatable bonds is 1. The summed E-state index contributed by atoms with van der Waals surface area (Å²) < 4.78 is 0. The van der Waals surface area contributed by atoms with E-state index in [0.29, 0.717) is 0 Å². The molecule has 0 bridgehead atoms. The van der Waals surface area contributed by atoms with Crippen LogP contribution in [0.1, 0.15) is 0 Å². The molecular weight excluding hydrogens is 146 g/mol. The van der Waals surface area contributed by atoms with Crippen LogP contribution in [0.4, 0.5) is 0 Å². The molecule has 0 heterocycles. The van der Waals surface area contributed by atoms with Crippen molar-refractivity contribution in [2.24, 2.45) is 0 Å². The normalized spacial score (nSPS) is 16.5. The quantitative estimate of drug-likeness (QED) is 0.524. The zero-order chi connectivity index (χ0) is 8.43. The Bertz CT molecular complexity index is 299. The van der Waals surface area contributed by atoms with Crippen LogP contribution in [0.25, 0.3) is 0 Å². The molecule has 0 fully saturated rings. The lowest BCUT2D eigenvalue weighted by atomic mass is 10.0. The van der Waals surface area contributed by atoms with Crippen molar-refractivity contribution in [3.8, 4) is 0 Å². The van der Waals surface area contributed by atoms with Crippen LogP contribution in [0.3, 0.4) is 0 Å². The number of hydrogen-bond donors (Lipinski definition) is 2. The number of carboxylic acid groups (broad SMARTS) is 1. The molecule has 0 aromatic heterocycles. The molecule has 4 heteroatoms. The predicted octanol–water partition coefficient (Wildman–Crippen LogP) is 0.156. The van der Waals surface area contributed by atoms with E-state index in [2.05, 4.69) is 0 Å². The van der Waals surface area contributed by atoms with E-state index in [1.807, 2.05) is 0 Å². The molecule has 2 N–H and O–H groups in total. The lowest BCUT2D eigenvalue weighted by Crippen LogP contribution is -2.20. The van der Waals surface area contributed by atoms with E-state index in [0.717, 1.165) is 6.08 Å². The summed E-state index contributed by atoms with van der Waals surface area (Å²) in [6.45, 7) is 0. The van der Waals surface area contributed by atoms with Crippen molar-refractivity contribution in [1.29, 1.82) is 5.41 Å². The number of aliphatic carboxylic acids is 1. The van der Waals surface area contributed by atoms with Crippen molar-refractivity contribution in [2.45, 2.75) is 0 Å². The van der Waals surface area contributed by atoms with Crippen LogP contribution in [0.15, 0.2) is 23.8 Å². The molecule has 0 radical (unpaired) electrons. The highest BCUT2D eigenvalue weighted by molar-refractivity contribution is 6.54. The fourth-order valence-electron chi connectivity index (χ4n) is 0.709. The summed E-state index contributed by atoms with van der Waals surface area (Å²) >= 11 is 0. The van der Waals surface area contributed by atoms with E-state index in [9.17, 15) is 9.59 Å². The third kappa shape index (κ3) is 1.24. The first-order chi connectivity index (χ1) is 5.13. The third-order valence-corrected chi connectivity index (χ3v) is 1.26. The second-order valence-corrected chi connectivity index (χ2v) is 1.98. The van der Waals surface area contributed by atoms with Gasteiger partial charge in [-0.1, -0.05) is 6.08 Å². The average molecular weight is 151 g/mol. The highest BCUT2D eigenvalue weighted by atomic mass is 16.4. The second kappa shape index (κ2) is 2.49. The van der Waals surface area contributed by atoms with Gasteiger partial charge in [0, 0.05) is 0 Å². The van der Waals surface area contributed by atoms with Crippen molar-refractivity contribution >= 4 is 17.5 Å². The van der Waals surface area contributed by atoms with Gasteiger partial charge in [0.25, 0.3) is 0 Å². The molecule has 0 saturated heterocycles. The minimum absolute atomic E-state index is 0.252. The van der Waals surface area contributed by atoms with Crippen LogP contribution in [-0.4, -0.2) is 22.6 Å². The number of nitrogens with one attached hydrogen (secondary N) is 1. The molecule has 1 aliphatic carbocycles. The van der Waals surface area contributed by atoms with E-state index >= 15 is 0 Å². The largest absolute Gasteiger partial charge is 0.478 e. The Balaban J connectivity index is 3.06. The lowest BCUT2D eigenvalue weighted by molar-refractivity contribution is -0.132. The monoisotopic (exact) mass is 151 g/mol. The van der Waals surface area contributed by atoms with Gasteiger partial charge >= 0.3 is 5.97 Å². The summed E-state index contributed by atoms with van der Waals surface area (Å²) in [4.78, 5) is 21.0. The van der Waals surface area contributed by atoms with Gasteiger partial charge < -0.3 is 5.11 Å². The van der Waals surface area contributed by atoms with Crippen LogP contribution < -0.4 is 0 Å². The van der Waals surface area contributed by atoms with Crippen molar-refractivity contribution in [3.63, 3.8) is 0 Å². The molecule has 0 aromatic rings. The van der Waals surface area contributed by atoms with Gasteiger partial charge in [0.05, 0.1) is 5.57 Å². The van der Waals surface area contributed by atoms with Crippen molar-refractivity contribution in [2.75, 3.05) is 0 Å². The Kier molecular flexibility index (Phi) is 1.68. The van der Waals surface area contributed by atoms with E-state index < -0.39 is 17.5 Å². The molecule has 56 valence electrons. The van der Waals surface area contributed by atoms with Crippen molar-refractivity contribution in [3.05, 3.63) is 23.8 Å². The molecule has 0 aliphatic heterocycles. The minimum atomic E-state index is -1.24. The van der Waals surface area contributed by atoms with E-state index in [4.69, 9.17) is 10.5 Å². The van der Waals surface area contributed by atoms with E-state index in [1.165, 1.54) is 12.2 Å². The molecule has 0 spiro atoms. The SMILES string of the molecule is N=C1C(=O)C=CC=C1C(=O)O. The van der Waals surface area contributed by atoms with Gasteiger partial charge in [-0.25, -0.2) is 4.79 Å². The second-order valence-electron chi connectivity index (χ2n) is 1.98. The number of allylic oxidation sites excluding steroid dienone is 3. The Morgan fingerprint density at radius 3 is 2.64 bits per heavy atom. The molecule has 4 nitrogen and oxygen atoms in total. The van der Waals surface area contributed by atoms with E-state index in [1.54, 1.807) is 0 Å². The number of carbonyl (C=O) groups is 2. The van der Waals surface area contributed by atoms with Gasteiger partial charge in [0.1, 0.15) is 5.71 Å². The molecule has 1 rings (SSSR count).